The molecule has 1 aliphatic rings. The number of carboxylic acid groups (broad SMARTS) is 1. The molecule has 0 radical (unpaired) electrons. The molecular formula is C11H13NO2. The summed E-state index contributed by atoms with van der Waals surface area (Å²) >= 11 is 0. The molecule has 0 aliphatic carbocycles. The van der Waals surface area contributed by atoms with Crippen LogP contribution in [0.2, 0.25) is 0 Å². The zero-order chi connectivity index (χ0) is 10.3. The fraction of sp³-hybridized carbons (Fsp3) is 0.364. The Morgan fingerprint density at radius 1 is 1.43 bits per heavy atom. The van der Waals surface area contributed by atoms with Gasteiger partial charge in [-0.2, -0.15) is 0 Å². The van der Waals surface area contributed by atoms with Crippen molar-refractivity contribution in [2.24, 2.45) is 0 Å². The number of carbonyl (C=O) groups is 1. The number of aliphatic carboxylic acids is 1. The van der Waals surface area contributed by atoms with Crippen LogP contribution in [0.15, 0.2) is 24.3 Å². The van der Waals surface area contributed by atoms with Crippen molar-refractivity contribution in [3.05, 3.63) is 29.8 Å². The summed E-state index contributed by atoms with van der Waals surface area (Å²) in [6.45, 7) is 1.96. The monoisotopic (exact) mass is 191 g/mol. The maximum Gasteiger partial charge on any atom is 0.326 e. The Bertz CT molecular complexity index is 346. The van der Waals surface area contributed by atoms with Gasteiger partial charge in [0.25, 0.3) is 0 Å². The predicted molar refractivity (Wildman–Crippen MR) is 54.7 cm³/mol. The van der Waals surface area contributed by atoms with Crippen LogP contribution in [0, 0.1) is 0 Å². The van der Waals surface area contributed by atoms with E-state index < -0.39 is 12.0 Å². The summed E-state index contributed by atoms with van der Waals surface area (Å²) in [5.41, 5.74) is 2.16. The van der Waals surface area contributed by atoms with E-state index in [1.165, 1.54) is 0 Å². The average molecular weight is 191 g/mol. The van der Waals surface area contributed by atoms with Gasteiger partial charge < -0.3 is 10.0 Å². The van der Waals surface area contributed by atoms with Crippen LogP contribution in [0.3, 0.4) is 0 Å². The number of likely N-dealkylation sites (N-methyl/N-ethyl adjacent to an activating group) is 1. The van der Waals surface area contributed by atoms with Gasteiger partial charge in [0.2, 0.25) is 0 Å². The summed E-state index contributed by atoms with van der Waals surface area (Å²) in [6, 6.07) is 7.43. The fourth-order valence-electron chi connectivity index (χ4n) is 2.23. The van der Waals surface area contributed by atoms with E-state index in [2.05, 4.69) is 0 Å². The molecule has 0 spiro atoms. The van der Waals surface area contributed by atoms with Crippen molar-refractivity contribution in [3.63, 3.8) is 0 Å². The van der Waals surface area contributed by atoms with Crippen LogP contribution in [0.5, 0.6) is 0 Å². The second-order valence-corrected chi connectivity index (χ2v) is 3.74. The summed E-state index contributed by atoms with van der Waals surface area (Å²) < 4.78 is 0. The fourth-order valence-corrected chi connectivity index (χ4v) is 2.23. The summed E-state index contributed by atoms with van der Waals surface area (Å²) in [4.78, 5) is 12.9. The van der Waals surface area contributed by atoms with E-state index in [1.807, 2.05) is 43.1 Å². The van der Waals surface area contributed by atoms with Gasteiger partial charge in [-0.3, -0.25) is 0 Å². The van der Waals surface area contributed by atoms with Crippen molar-refractivity contribution in [1.82, 2.24) is 0 Å². The van der Waals surface area contributed by atoms with Crippen LogP contribution >= 0.6 is 0 Å². The first-order chi connectivity index (χ1) is 6.63. The van der Waals surface area contributed by atoms with Gasteiger partial charge in [-0.25, -0.2) is 4.79 Å². The number of rotatable bonds is 1. The van der Waals surface area contributed by atoms with Gasteiger partial charge in [-0.1, -0.05) is 25.1 Å². The molecule has 14 heavy (non-hydrogen) atoms. The minimum atomic E-state index is -0.754. The normalized spacial score (nSPS) is 24.9. The molecule has 3 heteroatoms. The third-order valence-electron chi connectivity index (χ3n) is 2.95. The van der Waals surface area contributed by atoms with E-state index in [0.29, 0.717) is 0 Å². The first-order valence-corrected chi connectivity index (χ1v) is 4.67. The summed E-state index contributed by atoms with van der Waals surface area (Å²) in [5.74, 6) is -0.690. The zero-order valence-electron chi connectivity index (χ0n) is 8.27. The lowest BCUT2D eigenvalue weighted by atomic mass is 9.97. The van der Waals surface area contributed by atoms with Crippen LogP contribution in [0.1, 0.15) is 18.4 Å². The maximum absolute atomic E-state index is 11.0. The molecule has 0 saturated carbocycles. The molecule has 1 N–H and O–H groups in total. The van der Waals surface area contributed by atoms with Gasteiger partial charge in [0.05, 0.1) is 0 Å². The second-order valence-electron chi connectivity index (χ2n) is 3.74. The topological polar surface area (TPSA) is 40.5 Å². The highest BCUT2D eigenvalue weighted by Crippen LogP contribution is 2.39. The Hall–Kier alpha value is -1.51. The van der Waals surface area contributed by atoms with E-state index in [-0.39, 0.29) is 5.92 Å². The molecule has 0 amide bonds. The van der Waals surface area contributed by atoms with Crippen LogP contribution < -0.4 is 4.90 Å². The highest BCUT2D eigenvalue weighted by molar-refractivity contribution is 5.83. The molecule has 1 aromatic rings. The van der Waals surface area contributed by atoms with E-state index in [4.69, 9.17) is 5.11 Å². The van der Waals surface area contributed by atoms with Crippen LogP contribution in [-0.4, -0.2) is 24.2 Å². The highest BCUT2D eigenvalue weighted by atomic mass is 16.4. The lowest BCUT2D eigenvalue weighted by Gasteiger charge is -2.20. The minimum absolute atomic E-state index is 0.0636. The Morgan fingerprint density at radius 3 is 2.64 bits per heavy atom. The minimum Gasteiger partial charge on any atom is -0.480 e. The van der Waals surface area contributed by atoms with Gasteiger partial charge in [0.1, 0.15) is 6.04 Å². The molecule has 0 fully saturated rings. The van der Waals surface area contributed by atoms with Crippen molar-refractivity contribution in [1.29, 1.82) is 0 Å². The van der Waals surface area contributed by atoms with Crippen molar-refractivity contribution < 1.29 is 9.90 Å². The standard InChI is InChI=1S/C11H13NO2/c1-7-8-5-3-4-6-9(8)12(2)10(7)11(13)14/h3-7,10H,1-2H3,(H,13,14). The second kappa shape index (κ2) is 3.01. The summed E-state index contributed by atoms with van der Waals surface area (Å²) in [7, 11) is 1.83. The van der Waals surface area contributed by atoms with Crippen molar-refractivity contribution in [2.75, 3.05) is 11.9 Å². The number of hydrogen-bond donors (Lipinski definition) is 1. The van der Waals surface area contributed by atoms with E-state index >= 15 is 0 Å². The van der Waals surface area contributed by atoms with Gasteiger partial charge >= 0.3 is 5.97 Å². The van der Waals surface area contributed by atoms with Crippen LogP contribution in [-0.2, 0) is 4.79 Å². The van der Waals surface area contributed by atoms with Gasteiger partial charge in [0.15, 0.2) is 0 Å². The van der Waals surface area contributed by atoms with E-state index in [9.17, 15) is 4.79 Å². The number of anilines is 1. The number of fused-ring (bicyclic) bond motifs is 1. The molecule has 2 unspecified atom stereocenters. The molecule has 2 rings (SSSR count). The largest absolute Gasteiger partial charge is 0.480 e. The lowest BCUT2D eigenvalue weighted by Crippen LogP contribution is -2.37. The van der Waals surface area contributed by atoms with Crippen molar-refractivity contribution >= 4 is 11.7 Å². The number of benzene rings is 1. The van der Waals surface area contributed by atoms with Gasteiger partial charge in [0, 0.05) is 18.7 Å². The molecule has 1 heterocycles. The molecule has 74 valence electrons. The maximum atomic E-state index is 11.0. The van der Waals surface area contributed by atoms with Gasteiger partial charge in [-0.15, -0.1) is 0 Å². The number of hydrogen-bond acceptors (Lipinski definition) is 2. The molecule has 0 bridgehead atoms. The predicted octanol–water partition coefficient (Wildman–Crippen LogP) is 1.69. The molecular weight excluding hydrogens is 178 g/mol. The summed E-state index contributed by atoms with van der Waals surface area (Å²) in [6.07, 6.45) is 0. The Labute approximate surface area is 83.0 Å². The Morgan fingerprint density at radius 2 is 2.07 bits per heavy atom. The van der Waals surface area contributed by atoms with E-state index in [1.54, 1.807) is 0 Å². The first-order valence-electron chi connectivity index (χ1n) is 4.67. The zero-order valence-corrected chi connectivity index (χ0v) is 8.27. The van der Waals surface area contributed by atoms with E-state index in [0.717, 1.165) is 11.3 Å². The number of nitrogens with zero attached hydrogens (tertiary/aromatic N) is 1. The Balaban J connectivity index is 2.48. The van der Waals surface area contributed by atoms with Crippen LogP contribution in [0.4, 0.5) is 5.69 Å². The molecule has 0 aromatic heterocycles. The summed E-state index contributed by atoms with van der Waals surface area (Å²) in [5, 5.41) is 9.08. The number of carboxylic acids is 1. The van der Waals surface area contributed by atoms with Crippen LogP contribution in [0.25, 0.3) is 0 Å². The number of para-hydroxylation sites is 1. The SMILES string of the molecule is CC1c2ccccc2N(C)C1C(=O)O. The lowest BCUT2D eigenvalue weighted by molar-refractivity contribution is -0.138. The van der Waals surface area contributed by atoms with Crippen molar-refractivity contribution in [2.45, 2.75) is 18.9 Å². The third-order valence-corrected chi connectivity index (χ3v) is 2.95. The quantitative estimate of drug-likeness (QED) is 0.734. The van der Waals surface area contributed by atoms with Gasteiger partial charge in [-0.05, 0) is 11.6 Å². The molecule has 3 nitrogen and oxygen atoms in total. The third kappa shape index (κ3) is 1.09. The highest BCUT2D eigenvalue weighted by Gasteiger charge is 2.37. The molecule has 1 aliphatic heterocycles. The molecule has 1 aromatic carbocycles. The van der Waals surface area contributed by atoms with Crippen molar-refractivity contribution in [3.8, 4) is 0 Å². The Kier molecular flexibility index (Phi) is 1.95. The first kappa shape index (κ1) is 9.06. The molecule has 2 atom stereocenters. The smallest absolute Gasteiger partial charge is 0.326 e. The molecule has 0 saturated heterocycles. The average Bonchev–Trinajstić information content (AvgIpc) is 2.41.